The van der Waals surface area contributed by atoms with E-state index >= 15 is 0 Å². The van der Waals surface area contributed by atoms with Gasteiger partial charge in [-0.2, -0.15) is 0 Å². The predicted molar refractivity (Wildman–Crippen MR) is 115 cm³/mol. The first-order valence-electron chi connectivity index (χ1n) is 8.26. The molecule has 0 aliphatic heterocycles. The van der Waals surface area contributed by atoms with Crippen LogP contribution in [0, 0.1) is 0 Å². The lowest BCUT2D eigenvalue weighted by molar-refractivity contribution is -0.131. The lowest BCUT2D eigenvalue weighted by atomic mass is 9.92. The van der Waals surface area contributed by atoms with Crippen LogP contribution in [0.5, 0.6) is 11.5 Å². The van der Waals surface area contributed by atoms with E-state index in [0.717, 1.165) is 30.5 Å². The van der Waals surface area contributed by atoms with Gasteiger partial charge in [-0.15, -0.1) is 0 Å². The van der Waals surface area contributed by atoms with Crippen LogP contribution in [0.15, 0.2) is 69.6 Å². The summed E-state index contributed by atoms with van der Waals surface area (Å²) in [6.07, 6.45) is 0. The minimum atomic E-state index is -0.407. The van der Waals surface area contributed by atoms with Crippen LogP contribution < -0.4 is 4.74 Å². The third-order valence-corrected chi connectivity index (χ3v) is 5.39. The van der Waals surface area contributed by atoms with Gasteiger partial charge in [0, 0.05) is 27.0 Å². The van der Waals surface area contributed by atoms with Crippen LogP contribution in [0.3, 0.4) is 0 Å². The highest BCUT2D eigenvalue weighted by Crippen LogP contribution is 2.45. The lowest BCUT2D eigenvalue weighted by Crippen LogP contribution is -2.03. The molecule has 0 unspecified atom stereocenters. The van der Waals surface area contributed by atoms with E-state index in [-0.39, 0.29) is 5.75 Å². The molecule has 3 nitrogen and oxygen atoms in total. The maximum atomic E-state index is 11.7. The molecule has 0 atom stereocenters. The summed E-state index contributed by atoms with van der Waals surface area (Å²) in [4.78, 5) is 11.7. The number of hydrogen-bond acceptors (Lipinski definition) is 3. The third-order valence-electron chi connectivity index (χ3n) is 4.41. The molecule has 27 heavy (non-hydrogen) atoms. The van der Waals surface area contributed by atoms with Crippen LogP contribution in [0.4, 0.5) is 0 Å². The number of fused-ring (bicyclic) bond motifs is 2. The van der Waals surface area contributed by atoms with Crippen molar-refractivity contribution < 1.29 is 14.6 Å². The van der Waals surface area contributed by atoms with Crippen LogP contribution in [0.1, 0.15) is 6.92 Å². The van der Waals surface area contributed by atoms with Crippen molar-refractivity contribution in [2.75, 3.05) is 0 Å². The second kappa shape index (κ2) is 6.98. The largest absolute Gasteiger partial charge is 0.507 e. The Morgan fingerprint density at radius 3 is 1.96 bits per heavy atom. The van der Waals surface area contributed by atoms with Crippen molar-refractivity contribution in [3.8, 4) is 22.6 Å². The number of aromatic hydroxyl groups is 1. The van der Waals surface area contributed by atoms with Gasteiger partial charge in [-0.1, -0.05) is 56.1 Å². The highest BCUT2D eigenvalue weighted by molar-refractivity contribution is 9.10. The Kier molecular flexibility index (Phi) is 4.66. The number of phenols is 1. The van der Waals surface area contributed by atoms with Crippen molar-refractivity contribution in [3.63, 3.8) is 0 Å². The second-order valence-corrected chi connectivity index (χ2v) is 8.05. The highest BCUT2D eigenvalue weighted by atomic mass is 79.9. The van der Waals surface area contributed by atoms with Gasteiger partial charge in [0.05, 0.1) is 0 Å². The molecule has 0 radical (unpaired) electrons. The zero-order valence-electron chi connectivity index (χ0n) is 14.3. The number of ether oxygens (including phenoxy) is 1. The van der Waals surface area contributed by atoms with Crippen molar-refractivity contribution in [1.29, 1.82) is 0 Å². The molecule has 0 saturated heterocycles. The summed E-state index contributed by atoms with van der Waals surface area (Å²) < 4.78 is 7.40. The summed E-state index contributed by atoms with van der Waals surface area (Å²) in [5, 5.41) is 14.5. The normalized spacial score (nSPS) is 11.1. The topological polar surface area (TPSA) is 46.5 Å². The summed E-state index contributed by atoms with van der Waals surface area (Å²) in [6, 6.07) is 19.0. The second-order valence-electron chi connectivity index (χ2n) is 6.22. The van der Waals surface area contributed by atoms with Gasteiger partial charge in [-0.05, 0) is 57.9 Å². The quantitative estimate of drug-likeness (QED) is 0.250. The first-order valence-corrected chi connectivity index (χ1v) is 9.85. The fourth-order valence-corrected chi connectivity index (χ4v) is 4.09. The molecular formula is C22H14Br2O3. The molecule has 0 saturated carbocycles. The smallest absolute Gasteiger partial charge is 0.308 e. The van der Waals surface area contributed by atoms with Crippen LogP contribution in [-0.4, -0.2) is 11.1 Å². The molecule has 134 valence electrons. The van der Waals surface area contributed by atoms with Gasteiger partial charge in [0.25, 0.3) is 0 Å². The van der Waals surface area contributed by atoms with E-state index in [9.17, 15) is 9.90 Å². The molecule has 0 aromatic heterocycles. The Hall–Kier alpha value is -2.37. The van der Waals surface area contributed by atoms with E-state index in [1.165, 1.54) is 6.92 Å². The van der Waals surface area contributed by atoms with E-state index in [0.29, 0.717) is 16.9 Å². The molecule has 0 bridgehead atoms. The zero-order chi connectivity index (χ0) is 19.1. The van der Waals surface area contributed by atoms with Crippen molar-refractivity contribution >= 4 is 59.4 Å². The predicted octanol–water partition coefficient (Wildman–Crippen LogP) is 6.82. The first kappa shape index (κ1) is 18.0. The van der Waals surface area contributed by atoms with Gasteiger partial charge in [-0.3, -0.25) is 4.79 Å². The Labute approximate surface area is 172 Å². The summed E-state index contributed by atoms with van der Waals surface area (Å²) in [7, 11) is 0. The van der Waals surface area contributed by atoms with Crippen LogP contribution in [-0.2, 0) is 4.79 Å². The van der Waals surface area contributed by atoms with Gasteiger partial charge >= 0.3 is 5.97 Å². The molecule has 0 spiro atoms. The number of hydrogen-bond donors (Lipinski definition) is 1. The number of halogens is 2. The molecule has 0 heterocycles. The van der Waals surface area contributed by atoms with Gasteiger partial charge in [-0.25, -0.2) is 0 Å². The minimum absolute atomic E-state index is 0.133. The van der Waals surface area contributed by atoms with E-state index in [4.69, 9.17) is 4.74 Å². The van der Waals surface area contributed by atoms with Gasteiger partial charge in [0.15, 0.2) is 0 Å². The maximum Gasteiger partial charge on any atom is 0.308 e. The van der Waals surface area contributed by atoms with E-state index in [1.807, 2.05) is 48.5 Å². The molecule has 4 aromatic carbocycles. The fourth-order valence-electron chi connectivity index (χ4n) is 3.33. The van der Waals surface area contributed by atoms with E-state index in [1.54, 1.807) is 12.1 Å². The maximum absolute atomic E-state index is 11.7. The number of rotatable bonds is 2. The molecule has 5 heteroatoms. The number of benzene rings is 4. The standard InChI is InChI=1S/C22H14Br2O3/c1-12(25)27-20-9-3-14-11-16(24)5-7-18(14)22(20)21-17-6-4-15(23)10-13(17)2-8-19(21)26/h2-11,26H,1H3. The SMILES string of the molecule is CC(=O)Oc1ccc2cc(Br)ccc2c1-c1c(O)ccc2cc(Br)ccc12. The summed E-state index contributed by atoms with van der Waals surface area (Å²) in [5.41, 5.74) is 1.34. The van der Waals surface area contributed by atoms with Crippen molar-refractivity contribution in [1.82, 2.24) is 0 Å². The molecule has 4 aromatic rings. The first-order chi connectivity index (χ1) is 12.9. The van der Waals surface area contributed by atoms with Crippen molar-refractivity contribution in [2.45, 2.75) is 6.92 Å². The fraction of sp³-hybridized carbons (Fsp3) is 0.0455. The molecule has 4 rings (SSSR count). The Bertz CT molecular complexity index is 1220. The monoisotopic (exact) mass is 484 g/mol. The zero-order valence-corrected chi connectivity index (χ0v) is 17.5. The van der Waals surface area contributed by atoms with Crippen molar-refractivity contribution in [3.05, 3.63) is 69.6 Å². The molecule has 0 fully saturated rings. The van der Waals surface area contributed by atoms with Crippen LogP contribution >= 0.6 is 31.9 Å². The minimum Gasteiger partial charge on any atom is -0.507 e. The number of esters is 1. The number of carbonyl (C=O) groups excluding carboxylic acids is 1. The molecular weight excluding hydrogens is 472 g/mol. The van der Waals surface area contributed by atoms with E-state index < -0.39 is 5.97 Å². The van der Waals surface area contributed by atoms with Crippen molar-refractivity contribution in [2.24, 2.45) is 0 Å². The average molecular weight is 486 g/mol. The molecule has 0 aliphatic rings. The van der Waals surface area contributed by atoms with Gasteiger partial charge < -0.3 is 9.84 Å². The lowest BCUT2D eigenvalue weighted by Gasteiger charge is -2.16. The van der Waals surface area contributed by atoms with E-state index in [2.05, 4.69) is 31.9 Å². The Morgan fingerprint density at radius 2 is 1.37 bits per heavy atom. The number of carbonyl (C=O) groups is 1. The van der Waals surface area contributed by atoms with Crippen LogP contribution in [0.2, 0.25) is 0 Å². The van der Waals surface area contributed by atoms with Crippen LogP contribution in [0.25, 0.3) is 32.7 Å². The molecule has 1 N–H and O–H groups in total. The number of phenolic OH excluding ortho intramolecular Hbond substituents is 1. The van der Waals surface area contributed by atoms with Gasteiger partial charge in [0.1, 0.15) is 11.5 Å². The summed E-state index contributed by atoms with van der Waals surface area (Å²) in [6.45, 7) is 1.37. The average Bonchev–Trinajstić information content (AvgIpc) is 2.62. The highest BCUT2D eigenvalue weighted by Gasteiger charge is 2.19. The Balaban J connectivity index is 2.16. The Morgan fingerprint density at radius 1 is 0.815 bits per heavy atom. The summed E-state index contributed by atoms with van der Waals surface area (Å²) in [5.74, 6) is 0.145. The third kappa shape index (κ3) is 3.33. The molecule has 0 aliphatic carbocycles. The van der Waals surface area contributed by atoms with Gasteiger partial charge in [0.2, 0.25) is 0 Å². The molecule has 0 amide bonds. The summed E-state index contributed by atoms with van der Waals surface area (Å²) >= 11 is 6.98.